The first-order chi connectivity index (χ1) is 13.1. The van der Waals surface area contributed by atoms with Crippen molar-refractivity contribution < 1.29 is 4.74 Å². The maximum absolute atomic E-state index is 5.50. The Bertz CT molecular complexity index is 919. The van der Waals surface area contributed by atoms with Gasteiger partial charge in [-0.3, -0.25) is 0 Å². The minimum absolute atomic E-state index is 0.498. The molecule has 0 spiro atoms. The van der Waals surface area contributed by atoms with Crippen LogP contribution in [0.5, 0.6) is 5.75 Å². The first-order valence-corrected chi connectivity index (χ1v) is 9.81. The number of aromatic nitrogens is 1. The van der Waals surface area contributed by atoms with Crippen LogP contribution in [0.3, 0.4) is 0 Å². The van der Waals surface area contributed by atoms with Gasteiger partial charge >= 0.3 is 0 Å². The molecule has 0 fully saturated rings. The Morgan fingerprint density at radius 3 is 2.81 bits per heavy atom. The van der Waals surface area contributed by atoms with E-state index in [1.807, 2.05) is 18.2 Å². The van der Waals surface area contributed by atoms with Gasteiger partial charge in [0, 0.05) is 29.3 Å². The third-order valence-corrected chi connectivity index (χ3v) is 5.25. The molecule has 4 nitrogen and oxygen atoms in total. The predicted octanol–water partition coefficient (Wildman–Crippen LogP) is 5.22. The summed E-state index contributed by atoms with van der Waals surface area (Å²) in [6.45, 7) is 5.21. The second kappa shape index (κ2) is 8.91. The number of aromatic amines is 1. The van der Waals surface area contributed by atoms with Crippen LogP contribution in [0, 0.1) is 0 Å². The van der Waals surface area contributed by atoms with E-state index in [1.165, 1.54) is 16.5 Å². The number of benzene rings is 2. The molecular formula is C22H27N3OS. The van der Waals surface area contributed by atoms with Gasteiger partial charge in [-0.25, -0.2) is 0 Å². The molecule has 1 atom stereocenters. The Morgan fingerprint density at radius 1 is 1.22 bits per heavy atom. The summed E-state index contributed by atoms with van der Waals surface area (Å²) in [7, 11) is 1.69. The molecule has 0 saturated heterocycles. The number of rotatable bonds is 7. The lowest BCUT2D eigenvalue weighted by molar-refractivity contribution is 0.415. The zero-order chi connectivity index (χ0) is 19.2. The molecule has 0 saturated carbocycles. The Morgan fingerprint density at radius 2 is 2.04 bits per heavy atom. The van der Waals surface area contributed by atoms with Gasteiger partial charge in [0.2, 0.25) is 0 Å². The number of ether oxygens (including phenoxy) is 1. The third kappa shape index (κ3) is 4.61. The summed E-state index contributed by atoms with van der Waals surface area (Å²) >= 11 is 5.50. The van der Waals surface area contributed by atoms with E-state index in [0.717, 1.165) is 36.3 Å². The second-order valence-corrected chi connectivity index (χ2v) is 7.16. The number of fused-ring (bicyclic) bond motifs is 1. The van der Waals surface area contributed by atoms with Crippen molar-refractivity contribution in [1.82, 2.24) is 10.3 Å². The number of hydrogen-bond donors (Lipinski definition) is 3. The standard InChI is InChI=1S/C22H27N3OS/c1-4-15(2)18-7-5-6-8-21(18)25-22(27)23-12-11-16-14-24-20-10-9-17(26-3)13-19(16)20/h5-10,13-15,24H,4,11-12H2,1-3H3,(H2,23,25,27)/t15-/m0/s1. The highest BCUT2D eigenvalue weighted by atomic mass is 32.1. The fraction of sp³-hybridized carbons (Fsp3) is 0.318. The number of para-hydroxylation sites is 1. The van der Waals surface area contributed by atoms with Crippen LogP contribution in [0.4, 0.5) is 5.69 Å². The molecule has 0 amide bonds. The van der Waals surface area contributed by atoms with Gasteiger partial charge in [-0.2, -0.15) is 0 Å². The quantitative estimate of drug-likeness (QED) is 0.491. The predicted molar refractivity (Wildman–Crippen MR) is 118 cm³/mol. The summed E-state index contributed by atoms with van der Waals surface area (Å²) in [5.41, 5.74) is 4.75. The summed E-state index contributed by atoms with van der Waals surface area (Å²) in [6, 6.07) is 14.4. The highest BCUT2D eigenvalue weighted by Crippen LogP contribution is 2.26. The normalized spacial score (nSPS) is 12.0. The van der Waals surface area contributed by atoms with Gasteiger partial charge in [-0.05, 0) is 66.4 Å². The van der Waals surface area contributed by atoms with Crippen LogP contribution in [0.15, 0.2) is 48.7 Å². The van der Waals surface area contributed by atoms with E-state index in [2.05, 4.69) is 59.9 Å². The number of thiocarbonyl (C=S) groups is 1. The molecule has 27 heavy (non-hydrogen) atoms. The van der Waals surface area contributed by atoms with Crippen molar-refractivity contribution in [3.8, 4) is 5.75 Å². The molecule has 3 rings (SSSR count). The van der Waals surface area contributed by atoms with Gasteiger partial charge in [0.15, 0.2) is 5.11 Å². The Balaban J connectivity index is 1.59. The fourth-order valence-corrected chi connectivity index (χ4v) is 3.44. The molecular weight excluding hydrogens is 354 g/mol. The van der Waals surface area contributed by atoms with Crippen LogP contribution in [0.25, 0.3) is 10.9 Å². The maximum Gasteiger partial charge on any atom is 0.170 e. The van der Waals surface area contributed by atoms with Crippen molar-refractivity contribution in [3.63, 3.8) is 0 Å². The van der Waals surface area contributed by atoms with Gasteiger partial charge in [0.1, 0.15) is 5.75 Å². The van der Waals surface area contributed by atoms with E-state index in [4.69, 9.17) is 17.0 Å². The van der Waals surface area contributed by atoms with Gasteiger partial charge in [0.25, 0.3) is 0 Å². The molecule has 3 aromatic rings. The van der Waals surface area contributed by atoms with Gasteiger partial charge in [-0.15, -0.1) is 0 Å². The SMILES string of the molecule is CC[C@H](C)c1ccccc1NC(=S)NCCc1c[nH]c2ccc(OC)cc12. The Labute approximate surface area is 166 Å². The number of methoxy groups -OCH3 is 1. The van der Waals surface area contributed by atoms with E-state index in [-0.39, 0.29) is 0 Å². The van der Waals surface area contributed by atoms with E-state index in [9.17, 15) is 0 Å². The lowest BCUT2D eigenvalue weighted by atomic mass is 9.97. The summed E-state index contributed by atoms with van der Waals surface area (Å²) in [6.07, 6.45) is 4.03. The Kier molecular flexibility index (Phi) is 6.35. The molecule has 0 aliphatic carbocycles. The van der Waals surface area contributed by atoms with Crippen LogP contribution < -0.4 is 15.4 Å². The molecule has 2 aromatic carbocycles. The molecule has 3 N–H and O–H groups in total. The summed E-state index contributed by atoms with van der Waals surface area (Å²) in [5, 5.41) is 8.52. The van der Waals surface area contributed by atoms with E-state index < -0.39 is 0 Å². The van der Waals surface area contributed by atoms with Gasteiger partial charge in [-0.1, -0.05) is 32.0 Å². The monoisotopic (exact) mass is 381 g/mol. The number of nitrogens with one attached hydrogen (secondary N) is 3. The maximum atomic E-state index is 5.50. The van der Waals surface area contributed by atoms with Crippen LogP contribution in [-0.4, -0.2) is 23.8 Å². The first-order valence-electron chi connectivity index (χ1n) is 9.40. The molecule has 1 aromatic heterocycles. The molecule has 5 heteroatoms. The minimum atomic E-state index is 0.498. The van der Waals surface area contributed by atoms with Crippen molar-refractivity contribution in [2.45, 2.75) is 32.6 Å². The second-order valence-electron chi connectivity index (χ2n) is 6.75. The minimum Gasteiger partial charge on any atom is -0.497 e. The van der Waals surface area contributed by atoms with Crippen LogP contribution in [0.2, 0.25) is 0 Å². The molecule has 142 valence electrons. The lowest BCUT2D eigenvalue weighted by Crippen LogP contribution is -2.30. The van der Waals surface area contributed by atoms with Crippen molar-refractivity contribution in [3.05, 3.63) is 59.8 Å². The van der Waals surface area contributed by atoms with Crippen LogP contribution in [0.1, 0.15) is 37.3 Å². The molecule has 0 bridgehead atoms. The highest BCUT2D eigenvalue weighted by molar-refractivity contribution is 7.80. The van der Waals surface area contributed by atoms with Gasteiger partial charge in [0.05, 0.1) is 7.11 Å². The number of hydrogen-bond acceptors (Lipinski definition) is 2. The van der Waals surface area contributed by atoms with Crippen molar-refractivity contribution in [2.24, 2.45) is 0 Å². The fourth-order valence-electron chi connectivity index (χ4n) is 3.23. The lowest BCUT2D eigenvalue weighted by Gasteiger charge is -2.17. The van der Waals surface area contributed by atoms with Crippen molar-refractivity contribution in [1.29, 1.82) is 0 Å². The Hall–Kier alpha value is -2.53. The first kappa shape index (κ1) is 19.2. The average molecular weight is 382 g/mol. The highest BCUT2D eigenvalue weighted by Gasteiger charge is 2.10. The summed E-state index contributed by atoms with van der Waals surface area (Å²) < 4.78 is 5.34. The zero-order valence-corrected chi connectivity index (χ0v) is 17.0. The summed E-state index contributed by atoms with van der Waals surface area (Å²) in [4.78, 5) is 3.31. The van der Waals surface area contributed by atoms with Crippen molar-refractivity contribution in [2.75, 3.05) is 19.0 Å². The van der Waals surface area contributed by atoms with Crippen molar-refractivity contribution >= 4 is 33.9 Å². The molecule has 0 unspecified atom stereocenters. The van der Waals surface area contributed by atoms with Gasteiger partial charge < -0.3 is 20.4 Å². The van der Waals surface area contributed by atoms with E-state index in [0.29, 0.717) is 11.0 Å². The van der Waals surface area contributed by atoms with Crippen LogP contribution in [-0.2, 0) is 6.42 Å². The summed E-state index contributed by atoms with van der Waals surface area (Å²) in [5.74, 6) is 1.37. The smallest absolute Gasteiger partial charge is 0.170 e. The molecule has 1 heterocycles. The van der Waals surface area contributed by atoms with E-state index >= 15 is 0 Å². The topological polar surface area (TPSA) is 49.1 Å². The molecule has 0 radical (unpaired) electrons. The molecule has 0 aliphatic heterocycles. The largest absolute Gasteiger partial charge is 0.497 e. The molecule has 0 aliphatic rings. The van der Waals surface area contributed by atoms with E-state index in [1.54, 1.807) is 7.11 Å². The third-order valence-electron chi connectivity index (χ3n) is 5.01. The number of H-pyrrole nitrogens is 1. The van der Waals surface area contributed by atoms with Crippen LogP contribution >= 0.6 is 12.2 Å². The zero-order valence-electron chi connectivity index (χ0n) is 16.1. The number of anilines is 1. The average Bonchev–Trinajstić information content (AvgIpc) is 3.10.